The summed E-state index contributed by atoms with van der Waals surface area (Å²) in [6, 6.07) is 6.96. The molecule has 1 aromatic rings. The zero-order valence-corrected chi connectivity index (χ0v) is 11.3. The number of rotatable bonds is 4. The molecule has 0 aliphatic heterocycles. The number of hydrogen-bond acceptors (Lipinski definition) is 2. The molecule has 0 saturated carbocycles. The highest BCUT2D eigenvalue weighted by atomic mass is 35.5. The summed E-state index contributed by atoms with van der Waals surface area (Å²) in [7, 11) is 0. The van der Waals surface area contributed by atoms with E-state index in [1.165, 1.54) is 5.56 Å². The van der Waals surface area contributed by atoms with Crippen LogP contribution in [-0.2, 0) is 4.79 Å². The van der Waals surface area contributed by atoms with E-state index in [0.717, 1.165) is 0 Å². The summed E-state index contributed by atoms with van der Waals surface area (Å²) < 4.78 is 0. The molecule has 98 valence electrons. The third kappa shape index (κ3) is 4.75. The smallest absolute Gasteiger partial charge is 0.308 e. The third-order valence-electron chi connectivity index (χ3n) is 2.41. The van der Waals surface area contributed by atoms with Crippen LogP contribution in [0.5, 0.6) is 0 Å². The molecule has 0 aliphatic carbocycles. The van der Waals surface area contributed by atoms with Gasteiger partial charge in [0.2, 0.25) is 5.91 Å². The molecule has 18 heavy (non-hydrogen) atoms. The predicted octanol–water partition coefficient (Wildman–Crippen LogP) is 3.09. The molecule has 0 unspecified atom stereocenters. The highest BCUT2D eigenvalue weighted by Gasteiger charge is 2.07. The lowest BCUT2D eigenvalue weighted by molar-refractivity contribution is -0.119. The first-order valence-electron chi connectivity index (χ1n) is 5.79. The van der Waals surface area contributed by atoms with Crippen molar-refractivity contribution in [1.29, 1.82) is 0 Å². The van der Waals surface area contributed by atoms with Gasteiger partial charge in [-0.2, -0.15) is 0 Å². The van der Waals surface area contributed by atoms with Crippen LogP contribution in [0.3, 0.4) is 0 Å². The second-order valence-electron chi connectivity index (χ2n) is 4.22. The lowest BCUT2D eigenvalue weighted by Crippen LogP contribution is -2.34. The lowest BCUT2D eigenvalue weighted by Gasteiger charge is -2.08. The van der Waals surface area contributed by atoms with Gasteiger partial charge in [-0.3, -0.25) is 10.1 Å². The average molecular weight is 269 g/mol. The normalized spacial score (nSPS) is 10.2. The molecule has 0 bridgehead atoms. The van der Waals surface area contributed by atoms with Crippen LogP contribution in [0.1, 0.15) is 31.7 Å². The quantitative estimate of drug-likeness (QED) is 0.825. The number of halogens is 1. The fraction of sp³-hybridized carbons (Fsp3) is 0.385. The molecule has 0 radical (unpaired) electrons. The van der Waals surface area contributed by atoms with Crippen LogP contribution in [0, 0.1) is 0 Å². The van der Waals surface area contributed by atoms with Crippen molar-refractivity contribution in [2.45, 2.75) is 26.2 Å². The Kier molecular flexibility index (Phi) is 5.65. The molecule has 4 nitrogen and oxygen atoms in total. The molecule has 2 N–H and O–H groups in total. The molecule has 0 atom stereocenters. The number of carbonyl (C=O) groups is 2. The molecular formula is C13H17ClN2O2. The van der Waals surface area contributed by atoms with Crippen LogP contribution < -0.4 is 10.6 Å². The topological polar surface area (TPSA) is 58.2 Å². The second-order valence-corrected chi connectivity index (χ2v) is 4.60. The van der Waals surface area contributed by atoms with Gasteiger partial charge in [0.1, 0.15) is 0 Å². The summed E-state index contributed by atoms with van der Waals surface area (Å²) in [5.41, 5.74) is 1.84. The van der Waals surface area contributed by atoms with Crippen LogP contribution in [0.25, 0.3) is 0 Å². The van der Waals surface area contributed by atoms with E-state index in [-0.39, 0.29) is 18.2 Å². The van der Waals surface area contributed by atoms with Gasteiger partial charge >= 0.3 is 6.03 Å². The maximum atomic E-state index is 11.4. The Bertz CT molecular complexity index is 416. The van der Waals surface area contributed by atoms with Crippen molar-refractivity contribution < 1.29 is 9.59 Å². The van der Waals surface area contributed by atoms with E-state index >= 15 is 0 Å². The molecule has 0 aliphatic rings. The van der Waals surface area contributed by atoms with E-state index in [0.29, 0.717) is 11.6 Å². The molecule has 1 rings (SSSR count). The van der Waals surface area contributed by atoms with E-state index in [1.54, 1.807) is 12.1 Å². The minimum Gasteiger partial charge on any atom is -0.308 e. The van der Waals surface area contributed by atoms with E-state index in [2.05, 4.69) is 24.5 Å². The summed E-state index contributed by atoms with van der Waals surface area (Å²) in [6.45, 7) is 4.19. The van der Waals surface area contributed by atoms with E-state index in [1.807, 2.05) is 12.1 Å². The second kappa shape index (κ2) is 7.01. The molecule has 0 aromatic heterocycles. The Hall–Kier alpha value is -1.55. The summed E-state index contributed by atoms with van der Waals surface area (Å²) in [6.07, 6.45) is 0.126. The van der Waals surface area contributed by atoms with E-state index in [4.69, 9.17) is 11.6 Å². The molecule has 0 spiro atoms. The number of alkyl halides is 1. The molecule has 1 aromatic carbocycles. The lowest BCUT2D eigenvalue weighted by atomic mass is 10.0. The zero-order chi connectivity index (χ0) is 13.5. The van der Waals surface area contributed by atoms with Crippen molar-refractivity contribution in [1.82, 2.24) is 5.32 Å². The Morgan fingerprint density at radius 3 is 2.33 bits per heavy atom. The first-order chi connectivity index (χ1) is 8.52. The summed E-state index contributed by atoms with van der Waals surface area (Å²) in [5, 5.41) is 4.78. The summed E-state index contributed by atoms with van der Waals surface area (Å²) in [5.74, 6) is 0.252. The van der Waals surface area contributed by atoms with Gasteiger partial charge in [0.25, 0.3) is 0 Å². The largest absolute Gasteiger partial charge is 0.325 e. The summed E-state index contributed by atoms with van der Waals surface area (Å²) in [4.78, 5) is 22.6. The minimum absolute atomic E-state index is 0.126. The molecular weight excluding hydrogens is 252 g/mol. The van der Waals surface area contributed by atoms with Gasteiger partial charge in [-0.05, 0) is 23.6 Å². The SMILES string of the molecule is CC(C)c1ccc(NC(=O)NC(=O)CCCl)cc1. The fourth-order valence-corrected chi connectivity index (χ4v) is 1.56. The van der Waals surface area contributed by atoms with Gasteiger partial charge < -0.3 is 5.32 Å². The molecule has 0 fully saturated rings. The first kappa shape index (κ1) is 14.5. The first-order valence-corrected chi connectivity index (χ1v) is 6.33. The summed E-state index contributed by atoms with van der Waals surface area (Å²) >= 11 is 5.39. The zero-order valence-electron chi connectivity index (χ0n) is 10.5. The highest BCUT2D eigenvalue weighted by Crippen LogP contribution is 2.16. The van der Waals surface area contributed by atoms with Crippen molar-refractivity contribution in [3.8, 4) is 0 Å². The standard InChI is InChI=1S/C13H17ClN2O2/c1-9(2)10-3-5-11(6-4-10)15-13(18)16-12(17)7-8-14/h3-6,9H,7-8H2,1-2H3,(H2,15,16,17,18). The Labute approximate surface area is 112 Å². The maximum Gasteiger partial charge on any atom is 0.325 e. The van der Waals surface area contributed by atoms with Crippen LogP contribution in [-0.4, -0.2) is 17.8 Å². The van der Waals surface area contributed by atoms with Crippen LogP contribution in [0.15, 0.2) is 24.3 Å². The maximum absolute atomic E-state index is 11.4. The Morgan fingerprint density at radius 2 is 1.83 bits per heavy atom. The fourth-order valence-electron chi connectivity index (χ4n) is 1.39. The average Bonchev–Trinajstić information content (AvgIpc) is 2.29. The van der Waals surface area contributed by atoms with Gasteiger partial charge in [0, 0.05) is 18.0 Å². The Balaban J connectivity index is 2.52. The highest BCUT2D eigenvalue weighted by molar-refractivity contribution is 6.19. The molecule has 5 heteroatoms. The number of imide groups is 1. The van der Waals surface area contributed by atoms with Crippen molar-refractivity contribution in [3.63, 3.8) is 0 Å². The van der Waals surface area contributed by atoms with Crippen LogP contribution in [0.4, 0.5) is 10.5 Å². The van der Waals surface area contributed by atoms with Crippen LogP contribution >= 0.6 is 11.6 Å². The van der Waals surface area contributed by atoms with Crippen LogP contribution in [0.2, 0.25) is 0 Å². The van der Waals surface area contributed by atoms with Crippen molar-refractivity contribution in [2.75, 3.05) is 11.2 Å². The number of anilines is 1. The van der Waals surface area contributed by atoms with E-state index < -0.39 is 6.03 Å². The number of amides is 3. The number of hydrogen-bond donors (Lipinski definition) is 2. The van der Waals surface area contributed by atoms with Gasteiger partial charge in [-0.1, -0.05) is 26.0 Å². The Morgan fingerprint density at radius 1 is 1.22 bits per heavy atom. The van der Waals surface area contributed by atoms with Gasteiger partial charge in [-0.25, -0.2) is 4.79 Å². The number of nitrogens with one attached hydrogen (secondary N) is 2. The minimum atomic E-state index is -0.539. The number of benzene rings is 1. The van der Waals surface area contributed by atoms with E-state index in [9.17, 15) is 9.59 Å². The van der Waals surface area contributed by atoms with Crippen molar-refractivity contribution >= 4 is 29.2 Å². The molecule has 0 saturated heterocycles. The number of urea groups is 1. The molecule has 0 heterocycles. The predicted molar refractivity (Wildman–Crippen MR) is 73.0 cm³/mol. The van der Waals surface area contributed by atoms with Crippen molar-refractivity contribution in [2.24, 2.45) is 0 Å². The van der Waals surface area contributed by atoms with Gasteiger partial charge in [0.05, 0.1) is 0 Å². The monoisotopic (exact) mass is 268 g/mol. The van der Waals surface area contributed by atoms with Gasteiger partial charge in [-0.15, -0.1) is 11.6 Å². The molecule has 3 amide bonds. The van der Waals surface area contributed by atoms with Crippen molar-refractivity contribution in [3.05, 3.63) is 29.8 Å². The third-order valence-corrected chi connectivity index (χ3v) is 2.60. The van der Waals surface area contributed by atoms with Gasteiger partial charge in [0.15, 0.2) is 0 Å². The number of carbonyl (C=O) groups excluding carboxylic acids is 2.